The van der Waals surface area contributed by atoms with Gasteiger partial charge in [-0.05, 0) is 89.6 Å². The molecule has 0 radical (unpaired) electrons. The number of halogens is 5. The fourth-order valence-corrected chi connectivity index (χ4v) is 7.77. The average Bonchev–Trinajstić information content (AvgIpc) is 3.23. The van der Waals surface area contributed by atoms with Gasteiger partial charge in [-0.25, -0.2) is 0 Å². The summed E-state index contributed by atoms with van der Waals surface area (Å²) < 4.78 is 71.3. The van der Waals surface area contributed by atoms with E-state index in [4.69, 9.17) is 5.26 Å². The van der Waals surface area contributed by atoms with Crippen LogP contribution in [-0.2, 0) is 4.79 Å². The number of carbonyl (C=O) groups excluding carboxylic acids is 1. The molecular weight excluding hydrogens is 537 g/mol. The Morgan fingerprint density at radius 1 is 0.951 bits per heavy atom. The largest absolute Gasteiger partial charge is 0.456 e. The third kappa shape index (κ3) is 3.96. The number of alkyl halides is 5. The molecule has 0 aliphatic heterocycles. The fraction of sp³-hybridized carbons (Fsp3) is 0.394. The van der Waals surface area contributed by atoms with Gasteiger partial charge in [0.05, 0.1) is 11.6 Å². The molecule has 6 rings (SSSR count). The van der Waals surface area contributed by atoms with Crippen molar-refractivity contribution in [3.8, 4) is 17.2 Å². The van der Waals surface area contributed by atoms with Crippen LogP contribution in [0.2, 0.25) is 0 Å². The highest BCUT2D eigenvalue weighted by atomic mass is 19.4. The molecule has 0 unspecified atom stereocenters. The molecule has 4 aliphatic rings. The Morgan fingerprint density at radius 2 is 1.59 bits per heavy atom. The number of fused-ring (bicyclic) bond motifs is 4. The summed E-state index contributed by atoms with van der Waals surface area (Å²) in [6.45, 7) is 1.37. The molecule has 3 nitrogen and oxygen atoms in total. The fourth-order valence-electron chi connectivity index (χ4n) is 7.77. The van der Waals surface area contributed by atoms with Crippen molar-refractivity contribution in [2.75, 3.05) is 0 Å². The van der Waals surface area contributed by atoms with Gasteiger partial charge in [0.15, 0.2) is 11.4 Å². The number of carbonyl (C=O) groups is 1. The highest BCUT2D eigenvalue weighted by molar-refractivity contribution is 5.93. The Hall–Kier alpha value is -3.57. The molecule has 0 spiro atoms. The van der Waals surface area contributed by atoms with Gasteiger partial charge in [-0.15, -0.1) is 0 Å². The van der Waals surface area contributed by atoms with E-state index in [1.165, 1.54) is 13.0 Å². The van der Waals surface area contributed by atoms with Gasteiger partial charge in [0.1, 0.15) is 0 Å². The molecule has 1 N–H and O–H groups in total. The lowest BCUT2D eigenvalue weighted by atomic mass is 9.50. The van der Waals surface area contributed by atoms with E-state index >= 15 is 8.78 Å². The smallest absolute Gasteiger partial charge is 0.378 e. The number of nitriles is 1. The van der Waals surface area contributed by atoms with E-state index in [1.54, 1.807) is 18.2 Å². The summed E-state index contributed by atoms with van der Waals surface area (Å²) in [5.74, 6) is -6.88. The Morgan fingerprint density at radius 3 is 2.20 bits per heavy atom. The van der Waals surface area contributed by atoms with Crippen molar-refractivity contribution in [3.63, 3.8) is 0 Å². The van der Waals surface area contributed by atoms with Gasteiger partial charge in [0.25, 0.3) is 0 Å². The lowest BCUT2D eigenvalue weighted by molar-refractivity contribution is -0.352. The van der Waals surface area contributed by atoms with Crippen molar-refractivity contribution in [3.05, 3.63) is 94.6 Å². The van der Waals surface area contributed by atoms with Crippen LogP contribution in [0.15, 0.2) is 83.5 Å². The normalized spacial score (nSPS) is 31.2. The maximum atomic E-state index is 15.1. The minimum absolute atomic E-state index is 0.0340. The van der Waals surface area contributed by atoms with Gasteiger partial charge in [-0.1, -0.05) is 55.0 Å². The maximum absolute atomic E-state index is 15.1. The molecule has 0 amide bonds. The summed E-state index contributed by atoms with van der Waals surface area (Å²) in [7, 11) is 0. The van der Waals surface area contributed by atoms with Crippen LogP contribution in [0.25, 0.3) is 11.1 Å². The van der Waals surface area contributed by atoms with Crippen molar-refractivity contribution in [1.29, 1.82) is 5.26 Å². The number of hydrogen-bond acceptors (Lipinski definition) is 3. The molecule has 41 heavy (non-hydrogen) atoms. The Labute approximate surface area is 234 Å². The predicted octanol–water partition coefficient (Wildman–Crippen LogP) is 7.83. The highest BCUT2D eigenvalue weighted by Gasteiger charge is 2.77. The van der Waals surface area contributed by atoms with Crippen LogP contribution < -0.4 is 0 Å². The first-order chi connectivity index (χ1) is 19.3. The zero-order chi connectivity index (χ0) is 29.4. The van der Waals surface area contributed by atoms with Crippen LogP contribution in [-0.4, -0.2) is 28.6 Å². The summed E-state index contributed by atoms with van der Waals surface area (Å²) >= 11 is 0. The van der Waals surface area contributed by atoms with Crippen molar-refractivity contribution in [2.24, 2.45) is 17.3 Å². The van der Waals surface area contributed by atoms with E-state index in [2.05, 4.69) is 6.07 Å². The highest BCUT2D eigenvalue weighted by Crippen LogP contribution is 2.68. The van der Waals surface area contributed by atoms with Crippen LogP contribution >= 0.6 is 0 Å². The van der Waals surface area contributed by atoms with Crippen molar-refractivity contribution >= 4 is 5.78 Å². The van der Waals surface area contributed by atoms with Gasteiger partial charge in [-0.3, -0.25) is 4.79 Å². The van der Waals surface area contributed by atoms with Gasteiger partial charge in [-0.2, -0.15) is 27.2 Å². The van der Waals surface area contributed by atoms with Crippen LogP contribution in [0, 0.1) is 28.6 Å². The van der Waals surface area contributed by atoms with E-state index in [-0.39, 0.29) is 18.1 Å². The third-order valence-corrected chi connectivity index (χ3v) is 9.90. The van der Waals surface area contributed by atoms with Crippen LogP contribution in [0.5, 0.6) is 0 Å². The first-order valence-electron chi connectivity index (χ1n) is 13.7. The monoisotopic (exact) mass is 565 g/mol. The van der Waals surface area contributed by atoms with Crippen LogP contribution in [0.4, 0.5) is 22.0 Å². The minimum atomic E-state index is -5.92. The van der Waals surface area contributed by atoms with Gasteiger partial charge >= 0.3 is 12.1 Å². The first kappa shape index (κ1) is 27.6. The number of rotatable bonds is 3. The summed E-state index contributed by atoms with van der Waals surface area (Å²) in [4.78, 5) is 12.2. The summed E-state index contributed by atoms with van der Waals surface area (Å²) in [5, 5.41) is 20.4. The number of hydrogen-bond donors (Lipinski definition) is 1. The van der Waals surface area contributed by atoms with Crippen molar-refractivity contribution in [2.45, 2.75) is 62.6 Å². The molecule has 0 heterocycles. The Bertz CT molecular complexity index is 1540. The number of allylic oxidation sites excluding steroid dienone is 5. The topological polar surface area (TPSA) is 61.1 Å². The van der Waals surface area contributed by atoms with Crippen molar-refractivity contribution in [1.82, 2.24) is 0 Å². The van der Waals surface area contributed by atoms with E-state index in [0.29, 0.717) is 37.3 Å². The first-order valence-corrected chi connectivity index (χ1v) is 13.7. The molecular formula is C33H28F5NO2. The molecule has 2 aromatic rings. The molecule has 1 saturated carbocycles. The SMILES string of the molecule is C[C@]12C[C@H](c3ccc(-c4ccc(C#N)cc4)cc3)C3=C4CCC(=O)C=C4CC[C@H]3[C@@H]1C=C[C@@]2(O)C(F)(F)C(F)(F)F. The number of benzene rings is 2. The standard InChI is InChI=1S/C33H28F5NO2/c1-30-17-27(22-8-6-21(7-9-22)20-4-2-19(18-39)3-5-20)29-25-13-11-24(40)16-23(25)10-12-26(29)28(30)14-15-31(30,41)32(34,35)33(36,37)38/h2-9,14-16,26-28,41H,10-13,17H2,1H3/t26-,27+,28-,30-,31-/m0/s1. The van der Waals surface area contributed by atoms with Gasteiger partial charge < -0.3 is 5.11 Å². The molecule has 5 atom stereocenters. The second-order valence-electron chi connectivity index (χ2n) is 11.9. The van der Waals surface area contributed by atoms with E-state index in [1.807, 2.05) is 36.4 Å². The van der Waals surface area contributed by atoms with Crippen molar-refractivity contribution < 1.29 is 31.9 Å². The van der Waals surface area contributed by atoms with E-state index in [9.17, 15) is 23.1 Å². The zero-order valence-electron chi connectivity index (χ0n) is 22.3. The second kappa shape index (κ2) is 9.22. The Kier molecular flexibility index (Phi) is 6.20. The lowest BCUT2D eigenvalue weighted by Gasteiger charge is -2.56. The summed E-state index contributed by atoms with van der Waals surface area (Å²) in [5.41, 5.74) is 0.756. The average molecular weight is 566 g/mol. The summed E-state index contributed by atoms with van der Waals surface area (Å²) in [6, 6.07) is 16.6. The molecule has 0 bridgehead atoms. The second-order valence-corrected chi connectivity index (χ2v) is 11.9. The van der Waals surface area contributed by atoms with Crippen LogP contribution in [0.1, 0.15) is 56.1 Å². The zero-order valence-corrected chi connectivity index (χ0v) is 22.3. The quantitative estimate of drug-likeness (QED) is 0.305. The number of ketones is 1. The maximum Gasteiger partial charge on any atom is 0.456 e. The lowest BCUT2D eigenvalue weighted by Crippen LogP contribution is -2.65. The Balaban J connectivity index is 1.47. The third-order valence-electron chi connectivity index (χ3n) is 9.90. The molecule has 212 valence electrons. The molecule has 0 aromatic heterocycles. The van der Waals surface area contributed by atoms with E-state index < -0.39 is 35.0 Å². The number of nitrogens with zero attached hydrogens (tertiary/aromatic N) is 1. The molecule has 8 heteroatoms. The predicted molar refractivity (Wildman–Crippen MR) is 143 cm³/mol. The van der Waals surface area contributed by atoms with Gasteiger partial charge in [0.2, 0.25) is 0 Å². The minimum Gasteiger partial charge on any atom is -0.378 e. The van der Waals surface area contributed by atoms with Gasteiger partial charge in [0, 0.05) is 17.8 Å². The number of aliphatic hydroxyl groups is 1. The molecule has 4 aliphatic carbocycles. The summed E-state index contributed by atoms with van der Waals surface area (Å²) in [6.07, 6.45) is -0.451. The molecule has 0 saturated heterocycles. The molecule has 2 aromatic carbocycles. The molecule has 1 fully saturated rings. The van der Waals surface area contributed by atoms with Crippen LogP contribution in [0.3, 0.4) is 0 Å². The van der Waals surface area contributed by atoms with E-state index in [0.717, 1.165) is 33.4 Å².